The van der Waals surface area contributed by atoms with Gasteiger partial charge >= 0.3 is 0 Å². The van der Waals surface area contributed by atoms with Crippen molar-refractivity contribution >= 4 is 17.2 Å². The highest BCUT2D eigenvalue weighted by Crippen LogP contribution is 2.20. The second kappa shape index (κ2) is 7.29. The molecule has 3 aromatic heterocycles. The normalized spacial score (nSPS) is 15.2. The average molecular weight is 381 g/mol. The van der Waals surface area contributed by atoms with Crippen molar-refractivity contribution < 1.29 is 14.6 Å². The molecule has 0 atom stereocenters. The number of pyridine rings is 1. The standard InChI is InChI=1S/C20H23N5O3/c1-20(2,27)17-4-3-14(13-21-17)16(26)11-15-12-19(24-7-9-28-10-8-24)25-18(23-15)5-6-22-25/h3-6,12-13,27H,7-11H2,1-2H3. The van der Waals surface area contributed by atoms with Crippen molar-refractivity contribution in [2.75, 3.05) is 31.2 Å². The molecule has 4 rings (SSSR count). The van der Waals surface area contributed by atoms with Crippen molar-refractivity contribution in [2.24, 2.45) is 0 Å². The Kier molecular flexibility index (Phi) is 4.82. The number of carbonyl (C=O) groups excluding carboxylic acids is 1. The number of hydrogen-bond donors (Lipinski definition) is 1. The van der Waals surface area contributed by atoms with Gasteiger partial charge < -0.3 is 14.7 Å². The SMILES string of the molecule is CC(C)(O)c1ccc(C(=O)Cc2cc(N3CCOCC3)n3nccc3n2)cn1. The summed E-state index contributed by atoms with van der Waals surface area (Å²) < 4.78 is 7.23. The number of Topliss-reactive ketones (excluding diaryl/α,β-unsaturated/α-hetero) is 1. The second-order valence-corrected chi connectivity index (χ2v) is 7.40. The van der Waals surface area contributed by atoms with E-state index >= 15 is 0 Å². The van der Waals surface area contributed by atoms with E-state index in [9.17, 15) is 9.90 Å². The van der Waals surface area contributed by atoms with E-state index in [1.165, 1.54) is 6.20 Å². The second-order valence-electron chi connectivity index (χ2n) is 7.40. The molecule has 8 nitrogen and oxygen atoms in total. The van der Waals surface area contributed by atoms with Gasteiger partial charge in [-0.3, -0.25) is 9.78 Å². The van der Waals surface area contributed by atoms with Gasteiger partial charge in [-0.25, -0.2) is 4.98 Å². The van der Waals surface area contributed by atoms with Crippen LogP contribution < -0.4 is 4.90 Å². The minimum Gasteiger partial charge on any atom is -0.384 e. The number of aliphatic hydroxyl groups is 1. The van der Waals surface area contributed by atoms with Gasteiger partial charge in [0, 0.05) is 37.0 Å². The molecule has 0 unspecified atom stereocenters. The van der Waals surface area contributed by atoms with Crippen LogP contribution in [0.5, 0.6) is 0 Å². The highest BCUT2D eigenvalue weighted by molar-refractivity contribution is 5.97. The zero-order valence-electron chi connectivity index (χ0n) is 16.0. The summed E-state index contributed by atoms with van der Waals surface area (Å²) in [7, 11) is 0. The summed E-state index contributed by atoms with van der Waals surface area (Å²) in [5.41, 5.74) is 1.38. The highest BCUT2D eigenvalue weighted by Gasteiger charge is 2.20. The first-order valence-electron chi connectivity index (χ1n) is 9.30. The van der Waals surface area contributed by atoms with Gasteiger partial charge in [-0.1, -0.05) is 0 Å². The van der Waals surface area contributed by atoms with Crippen molar-refractivity contribution in [3.63, 3.8) is 0 Å². The lowest BCUT2D eigenvalue weighted by molar-refractivity contribution is 0.0737. The zero-order valence-corrected chi connectivity index (χ0v) is 16.0. The predicted octanol–water partition coefficient (Wildman–Crippen LogP) is 1.61. The van der Waals surface area contributed by atoms with Gasteiger partial charge in [-0.15, -0.1) is 0 Å². The van der Waals surface area contributed by atoms with Gasteiger partial charge in [0.25, 0.3) is 0 Å². The molecule has 8 heteroatoms. The maximum Gasteiger partial charge on any atom is 0.170 e. The fourth-order valence-corrected chi connectivity index (χ4v) is 3.24. The third-order valence-corrected chi connectivity index (χ3v) is 4.78. The summed E-state index contributed by atoms with van der Waals surface area (Å²) in [6, 6.07) is 7.13. The molecule has 1 N–H and O–H groups in total. The molecule has 0 aliphatic carbocycles. The zero-order chi connectivity index (χ0) is 19.7. The summed E-state index contributed by atoms with van der Waals surface area (Å²) in [6.45, 7) is 6.20. The van der Waals surface area contributed by atoms with Gasteiger partial charge in [0.15, 0.2) is 11.4 Å². The number of hydrogen-bond acceptors (Lipinski definition) is 7. The average Bonchev–Trinajstić information content (AvgIpc) is 3.16. The first kappa shape index (κ1) is 18.5. The Hall–Kier alpha value is -2.84. The molecule has 146 valence electrons. The van der Waals surface area contributed by atoms with Crippen LogP contribution in [0.2, 0.25) is 0 Å². The van der Waals surface area contributed by atoms with Crippen molar-refractivity contribution in [1.29, 1.82) is 0 Å². The lowest BCUT2D eigenvalue weighted by atomic mass is 10.0. The van der Waals surface area contributed by atoms with Crippen LogP contribution in [-0.2, 0) is 16.8 Å². The summed E-state index contributed by atoms with van der Waals surface area (Å²) in [4.78, 5) is 23.7. The maximum absolute atomic E-state index is 12.7. The fourth-order valence-electron chi connectivity index (χ4n) is 3.24. The number of rotatable bonds is 5. The number of anilines is 1. The number of ketones is 1. The first-order valence-corrected chi connectivity index (χ1v) is 9.30. The molecule has 1 fully saturated rings. The third kappa shape index (κ3) is 3.74. The van der Waals surface area contributed by atoms with E-state index in [1.54, 1.807) is 36.7 Å². The molecule has 0 spiro atoms. The van der Waals surface area contributed by atoms with Crippen LogP contribution in [0, 0.1) is 0 Å². The summed E-state index contributed by atoms with van der Waals surface area (Å²) >= 11 is 0. The van der Waals surface area contributed by atoms with E-state index in [-0.39, 0.29) is 12.2 Å². The van der Waals surface area contributed by atoms with E-state index in [1.807, 2.05) is 12.1 Å². The number of fused-ring (bicyclic) bond motifs is 1. The number of ether oxygens (including phenoxy) is 1. The Morgan fingerprint density at radius 1 is 1.25 bits per heavy atom. The molecule has 28 heavy (non-hydrogen) atoms. The molecule has 0 aromatic carbocycles. The van der Waals surface area contributed by atoms with E-state index < -0.39 is 5.60 Å². The van der Waals surface area contributed by atoms with Crippen LogP contribution >= 0.6 is 0 Å². The molecule has 0 bridgehead atoms. The van der Waals surface area contributed by atoms with E-state index in [0.29, 0.717) is 35.8 Å². The lowest BCUT2D eigenvalue weighted by Crippen LogP contribution is -2.37. The largest absolute Gasteiger partial charge is 0.384 e. The van der Waals surface area contributed by atoms with Crippen molar-refractivity contribution in [3.8, 4) is 0 Å². The Balaban J connectivity index is 1.59. The van der Waals surface area contributed by atoms with Crippen LogP contribution in [0.4, 0.5) is 5.82 Å². The van der Waals surface area contributed by atoms with E-state index in [2.05, 4.69) is 20.0 Å². The van der Waals surface area contributed by atoms with Crippen molar-refractivity contribution in [1.82, 2.24) is 19.6 Å². The number of nitrogens with zero attached hydrogens (tertiary/aromatic N) is 5. The smallest absolute Gasteiger partial charge is 0.170 e. The number of carbonyl (C=O) groups is 1. The van der Waals surface area contributed by atoms with Crippen LogP contribution in [0.1, 0.15) is 35.6 Å². The molecule has 1 aliphatic heterocycles. The Labute approximate surface area is 162 Å². The first-order chi connectivity index (χ1) is 13.4. The van der Waals surface area contributed by atoms with Gasteiger partial charge in [-0.05, 0) is 26.0 Å². The molecule has 4 heterocycles. The molecule has 0 saturated carbocycles. The summed E-state index contributed by atoms with van der Waals surface area (Å²) in [5.74, 6) is 0.843. The highest BCUT2D eigenvalue weighted by atomic mass is 16.5. The number of aromatic nitrogens is 4. The number of morpholine rings is 1. The van der Waals surface area contributed by atoms with Crippen LogP contribution in [0.15, 0.2) is 36.7 Å². The topological polar surface area (TPSA) is 92.8 Å². The van der Waals surface area contributed by atoms with Crippen LogP contribution in [0.25, 0.3) is 5.65 Å². The Morgan fingerprint density at radius 2 is 2.04 bits per heavy atom. The molecule has 0 radical (unpaired) electrons. The van der Waals surface area contributed by atoms with Crippen LogP contribution in [0.3, 0.4) is 0 Å². The van der Waals surface area contributed by atoms with Crippen molar-refractivity contribution in [2.45, 2.75) is 25.9 Å². The maximum atomic E-state index is 12.7. The van der Waals surface area contributed by atoms with Crippen molar-refractivity contribution in [3.05, 3.63) is 53.6 Å². The van der Waals surface area contributed by atoms with E-state index in [4.69, 9.17) is 4.74 Å². The quantitative estimate of drug-likeness (QED) is 0.671. The minimum atomic E-state index is -1.04. The molecular weight excluding hydrogens is 358 g/mol. The van der Waals surface area contributed by atoms with Gasteiger partial charge in [0.1, 0.15) is 11.4 Å². The third-order valence-electron chi connectivity index (χ3n) is 4.78. The van der Waals surface area contributed by atoms with Crippen LogP contribution in [-0.4, -0.2) is 56.8 Å². The molecule has 1 saturated heterocycles. The molecule has 1 aliphatic rings. The van der Waals surface area contributed by atoms with Gasteiger partial charge in [0.2, 0.25) is 0 Å². The minimum absolute atomic E-state index is 0.0703. The van der Waals surface area contributed by atoms with E-state index in [0.717, 1.165) is 18.9 Å². The lowest BCUT2D eigenvalue weighted by Gasteiger charge is -2.29. The Bertz CT molecular complexity index is 985. The molecule has 3 aromatic rings. The van der Waals surface area contributed by atoms with Gasteiger partial charge in [-0.2, -0.15) is 9.61 Å². The molecule has 0 amide bonds. The summed E-state index contributed by atoms with van der Waals surface area (Å²) in [6.07, 6.45) is 3.38. The monoisotopic (exact) mass is 381 g/mol. The Morgan fingerprint density at radius 3 is 2.71 bits per heavy atom. The fraction of sp³-hybridized carbons (Fsp3) is 0.400. The predicted molar refractivity (Wildman–Crippen MR) is 104 cm³/mol. The molecular formula is C20H23N5O3. The van der Waals surface area contributed by atoms with Gasteiger partial charge in [0.05, 0.1) is 37.2 Å². The summed E-state index contributed by atoms with van der Waals surface area (Å²) in [5, 5.41) is 14.4.